The number of ether oxygens (including phenoxy) is 1. The molecule has 0 saturated carbocycles. The van der Waals surface area contributed by atoms with E-state index in [1.165, 1.54) is 17.0 Å². The van der Waals surface area contributed by atoms with E-state index in [2.05, 4.69) is 4.90 Å². The highest BCUT2D eigenvalue weighted by molar-refractivity contribution is 5.90. The van der Waals surface area contributed by atoms with E-state index in [-0.39, 0.29) is 24.0 Å². The first-order chi connectivity index (χ1) is 14.4. The molecule has 158 valence electrons. The molecule has 7 nitrogen and oxygen atoms in total. The summed E-state index contributed by atoms with van der Waals surface area (Å²) < 4.78 is 5.94. The summed E-state index contributed by atoms with van der Waals surface area (Å²) in [6.45, 7) is 4.85. The molecule has 3 fully saturated rings. The van der Waals surface area contributed by atoms with E-state index in [1.54, 1.807) is 37.3 Å². The van der Waals surface area contributed by atoms with E-state index >= 15 is 0 Å². The minimum absolute atomic E-state index is 0.106. The van der Waals surface area contributed by atoms with Crippen LogP contribution >= 0.6 is 0 Å². The molecule has 0 unspecified atom stereocenters. The van der Waals surface area contributed by atoms with Crippen LogP contribution in [-0.4, -0.2) is 52.9 Å². The van der Waals surface area contributed by atoms with E-state index in [4.69, 9.17) is 9.84 Å². The summed E-state index contributed by atoms with van der Waals surface area (Å²) in [7, 11) is 0. The largest absolute Gasteiger partial charge is 0.508 e. The number of carboxylic acids is 1. The Bertz CT molecular complexity index is 935. The van der Waals surface area contributed by atoms with Crippen LogP contribution in [0.4, 0.5) is 10.5 Å². The van der Waals surface area contributed by atoms with E-state index < -0.39 is 12.1 Å². The van der Waals surface area contributed by atoms with E-state index in [0.717, 1.165) is 38.0 Å². The zero-order chi connectivity index (χ0) is 21.3. The molecule has 1 amide bonds. The molecule has 0 spiro atoms. The molecule has 2 aromatic carbocycles. The molecule has 3 saturated heterocycles. The zero-order valence-electron chi connectivity index (χ0n) is 17.0. The van der Waals surface area contributed by atoms with Crippen LogP contribution in [0.25, 0.3) is 0 Å². The van der Waals surface area contributed by atoms with Crippen molar-refractivity contribution in [3.05, 3.63) is 59.2 Å². The molecule has 3 aliphatic heterocycles. The Morgan fingerprint density at radius 1 is 1.13 bits per heavy atom. The molecule has 0 aromatic heterocycles. The van der Waals surface area contributed by atoms with Crippen LogP contribution in [0.5, 0.6) is 5.75 Å². The number of fused-ring (bicyclic) bond motifs is 3. The second kappa shape index (κ2) is 8.36. The number of hydrogen-bond acceptors (Lipinski definition) is 5. The molecular formula is C23H26N2O5. The molecule has 30 heavy (non-hydrogen) atoms. The van der Waals surface area contributed by atoms with Crippen LogP contribution in [0.1, 0.15) is 34.3 Å². The molecule has 2 N–H and O–H groups in total. The molecule has 2 aromatic rings. The van der Waals surface area contributed by atoms with Gasteiger partial charge < -0.3 is 14.9 Å². The maximum atomic E-state index is 13.2. The first-order valence-corrected chi connectivity index (χ1v) is 10.2. The summed E-state index contributed by atoms with van der Waals surface area (Å²) in [4.78, 5) is 28.2. The SMILES string of the molecule is Cc1c(O)cccc1N(Cc1ccc(C(=O)O)cc1)C(=O)O[C@H]1CN2CCC1CC2. The molecule has 3 heterocycles. The fraction of sp³-hybridized carbons (Fsp3) is 0.391. The van der Waals surface area contributed by atoms with Crippen LogP contribution < -0.4 is 4.90 Å². The standard InChI is InChI=1S/C23H26N2O5/c1-15-19(3-2-4-20(15)26)25(13-16-5-7-18(8-6-16)22(27)28)23(29)30-21-14-24-11-9-17(21)10-12-24/h2-8,17,21,26H,9-14H2,1H3,(H,27,28)/t21-/m0/s1. The quantitative estimate of drug-likeness (QED) is 0.782. The number of rotatable bonds is 5. The van der Waals surface area contributed by atoms with Gasteiger partial charge in [0.05, 0.1) is 17.8 Å². The van der Waals surface area contributed by atoms with Gasteiger partial charge in [0.15, 0.2) is 0 Å². The summed E-state index contributed by atoms with van der Waals surface area (Å²) in [5.41, 5.74) is 2.12. The molecular weight excluding hydrogens is 384 g/mol. The maximum Gasteiger partial charge on any atom is 0.414 e. The van der Waals surface area contributed by atoms with Gasteiger partial charge in [0.1, 0.15) is 11.9 Å². The average molecular weight is 410 g/mol. The number of carbonyl (C=O) groups is 2. The summed E-state index contributed by atoms with van der Waals surface area (Å²) in [6.07, 6.45) is 1.50. The lowest BCUT2D eigenvalue weighted by atomic mass is 9.86. The van der Waals surface area contributed by atoms with Gasteiger partial charge in [-0.2, -0.15) is 0 Å². The first-order valence-electron chi connectivity index (χ1n) is 10.2. The molecule has 5 rings (SSSR count). The summed E-state index contributed by atoms with van der Waals surface area (Å²) in [6, 6.07) is 11.5. The normalized spacial score (nSPS) is 22.5. The molecule has 3 aliphatic rings. The average Bonchev–Trinajstić information content (AvgIpc) is 2.75. The van der Waals surface area contributed by atoms with Crippen molar-refractivity contribution in [2.24, 2.45) is 5.92 Å². The molecule has 2 bridgehead atoms. The number of benzene rings is 2. The maximum absolute atomic E-state index is 13.2. The number of aromatic hydroxyl groups is 1. The van der Waals surface area contributed by atoms with Crippen molar-refractivity contribution in [2.45, 2.75) is 32.4 Å². The van der Waals surface area contributed by atoms with Gasteiger partial charge in [-0.05, 0) is 68.6 Å². The van der Waals surface area contributed by atoms with Gasteiger partial charge >= 0.3 is 12.1 Å². The van der Waals surface area contributed by atoms with Crippen molar-refractivity contribution in [3.8, 4) is 5.75 Å². The van der Waals surface area contributed by atoms with Gasteiger partial charge in [-0.25, -0.2) is 9.59 Å². The van der Waals surface area contributed by atoms with Crippen LogP contribution in [-0.2, 0) is 11.3 Å². The monoisotopic (exact) mass is 410 g/mol. The van der Waals surface area contributed by atoms with E-state index in [9.17, 15) is 14.7 Å². The number of phenolic OH excluding ortho intramolecular Hbond substituents is 1. The molecule has 0 aliphatic carbocycles. The van der Waals surface area contributed by atoms with Gasteiger partial charge in [0, 0.05) is 12.1 Å². The summed E-state index contributed by atoms with van der Waals surface area (Å²) in [5, 5.41) is 19.3. The second-order valence-corrected chi connectivity index (χ2v) is 8.07. The predicted octanol–water partition coefficient (Wildman–Crippen LogP) is 3.64. The molecule has 7 heteroatoms. The van der Waals surface area contributed by atoms with Gasteiger partial charge in [0.25, 0.3) is 0 Å². The van der Waals surface area contributed by atoms with E-state index in [0.29, 0.717) is 17.2 Å². The van der Waals surface area contributed by atoms with Crippen molar-refractivity contribution in [1.29, 1.82) is 0 Å². The highest BCUT2D eigenvalue weighted by atomic mass is 16.6. The third kappa shape index (κ3) is 4.11. The fourth-order valence-electron chi connectivity index (χ4n) is 4.32. The zero-order valence-corrected chi connectivity index (χ0v) is 17.0. The van der Waals surface area contributed by atoms with Gasteiger partial charge in [-0.3, -0.25) is 9.80 Å². The van der Waals surface area contributed by atoms with Crippen molar-refractivity contribution >= 4 is 17.7 Å². The molecule has 0 radical (unpaired) electrons. The first kappa shape index (κ1) is 20.2. The smallest absolute Gasteiger partial charge is 0.414 e. The lowest BCUT2D eigenvalue weighted by molar-refractivity contribution is -0.0311. The number of amides is 1. The van der Waals surface area contributed by atoms with Crippen molar-refractivity contribution < 1.29 is 24.5 Å². The second-order valence-electron chi connectivity index (χ2n) is 8.07. The minimum Gasteiger partial charge on any atom is -0.508 e. The van der Waals surface area contributed by atoms with Gasteiger partial charge in [-0.15, -0.1) is 0 Å². The van der Waals surface area contributed by atoms with Crippen LogP contribution in [0.15, 0.2) is 42.5 Å². The van der Waals surface area contributed by atoms with Gasteiger partial charge in [0.2, 0.25) is 0 Å². The summed E-state index contributed by atoms with van der Waals surface area (Å²) in [5.74, 6) is -0.501. The Balaban J connectivity index is 1.59. The topological polar surface area (TPSA) is 90.3 Å². The predicted molar refractivity (Wildman–Crippen MR) is 112 cm³/mol. The fourth-order valence-corrected chi connectivity index (χ4v) is 4.32. The third-order valence-corrected chi connectivity index (χ3v) is 6.18. The number of carboxylic acid groups (broad SMARTS) is 1. The highest BCUT2D eigenvalue weighted by Crippen LogP contribution is 2.32. The number of piperidine rings is 3. The van der Waals surface area contributed by atoms with E-state index in [1.807, 2.05) is 0 Å². The Labute approximate surface area is 175 Å². The van der Waals surface area contributed by atoms with Crippen LogP contribution in [0.2, 0.25) is 0 Å². The lowest BCUT2D eigenvalue weighted by Crippen LogP contribution is -2.53. The van der Waals surface area contributed by atoms with Crippen LogP contribution in [0.3, 0.4) is 0 Å². The Morgan fingerprint density at radius 2 is 1.83 bits per heavy atom. The Morgan fingerprint density at radius 3 is 2.43 bits per heavy atom. The lowest BCUT2D eigenvalue weighted by Gasteiger charge is -2.44. The van der Waals surface area contributed by atoms with Crippen LogP contribution in [0, 0.1) is 12.8 Å². The van der Waals surface area contributed by atoms with Gasteiger partial charge in [-0.1, -0.05) is 18.2 Å². The minimum atomic E-state index is -0.996. The summed E-state index contributed by atoms with van der Waals surface area (Å²) >= 11 is 0. The van der Waals surface area contributed by atoms with Crippen molar-refractivity contribution in [1.82, 2.24) is 4.90 Å². The number of phenols is 1. The Hall–Kier alpha value is -3.06. The number of nitrogens with zero attached hydrogens (tertiary/aromatic N) is 2. The number of anilines is 1. The Kier molecular flexibility index (Phi) is 5.63. The van der Waals surface area contributed by atoms with Crippen molar-refractivity contribution in [3.63, 3.8) is 0 Å². The van der Waals surface area contributed by atoms with Crippen molar-refractivity contribution in [2.75, 3.05) is 24.5 Å². The number of aromatic carboxylic acids is 1. The highest BCUT2D eigenvalue weighted by Gasteiger charge is 2.37. The third-order valence-electron chi connectivity index (χ3n) is 6.18. The molecule has 1 atom stereocenters. The number of carbonyl (C=O) groups excluding carboxylic acids is 1. The number of hydrogen-bond donors (Lipinski definition) is 2.